The van der Waals surface area contributed by atoms with Crippen molar-refractivity contribution in [3.8, 4) is 11.3 Å². The van der Waals surface area contributed by atoms with Crippen LogP contribution in [-0.2, 0) is 23.8 Å². The second-order valence-electron chi connectivity index (χ2n) is 11.3. The molecule has 1 saturated heterocycles. The molecule has 1 aromatic carbocycles. The molecule has 8 nitrogen and oxygen atoms in total. The van der Waals surface area contributed by atoms with Gasteiger partial charge in [-0.2, -0.15) is 0 Å². The lowest BCUT2D eigenvalue weighted by atomic mass is 10.0. The molecule has 1 aromatic heterocycles. The van der Waals surface area contributed by atoms with Gasteiger partial charge in [0.05, 0.1) is 17.6 Å². The molecule has 2 heterocycles. The van der Waals surface area contributed by atoms with E-state index < -0.39 is 35.7 Å². The SMILES string of the molecule is CO[C@H]1C[SH]([Si](C(C)C)(C(C)C)C(C)C)[C@H](COC(C)=O)[C@H](OC(C)=O)[C@H]1n1cc(-c2cccc(F)c2)nn1. The summed E-state index contributed by atoms with van der Waals surface area (Å²) in [5.74, 6) is -0.370. The second kappa shape index (κ2) is 12.9. The largest absolute Gasteiger partial charge is 0.465 e. The molecule has 0 spiro atoms. The van der Waals surface area contributed by atoms with Crippen LogP contribution >= 0.6 is 10.3 Å². The average molecular weight is 582 g/mol. The van der Waals surface area contributed by atoms with E-state index in [0.29, 0.717) is 27.9 Å². The molecule has 218 valence electrons. The van der Waals surface area contributed by atoms with Gasteiger partial charge in [-0.1, -0.05) is 58.9 Å². The van der Waals surface area contributed by atoms with Crippen molar-refractivity contribution in [1.29, 1.82) is 0 Å². The third-order valence-corrected chi connectivity index (χ3v) is 25.9. The molecule has 11 heteroatoms. The number of ether oxygens (including phenoxy) is 3. The molecule has 0 saturated carbocycles. The maximum absolute atomic E-state index is 13.9. The van der Waals surface area contributed by atoms with Gasteiger partial charge in [0.15, 0.2) is 0 Å². The zero-order valence-corrected chi connectivity index (χ0v) is 26.4. The summed E-state index contributed by atoms with van der Waals surface area (Å²) >= 11 is 0. The summed E-state index contributed by atoms with van der Waals surface area (Å²) in [6.45, 7) is 16.9. The molecule has 1 aliphatic rings. The van der Waals surface area contributed by atoms with Gasteiger partial charge in [-0.3, -0.25) is 19.9 Å². The van der Waals surface area contributed by atoms with E-state index in [1.165, 1.54) is 26.0 Å². The Morgan fingerprint density at radius 2 is 1.74 bits per heavy atom. The Balaban J connectivity index is 2.19. The van der Waals surface area contributed by atoms with Gasteiger partial charge in [0.1, 0.15) is 37.5 Å². The minimum absolute atomic E-state index is 0.165. The molecule has 3 rings (SSSR count). The fourth-order valence-electron chi connectivity index (χ4n) is 6.96. The molecule has 39 heavy (non-hydrogen) atoms. The van der Waals surface area contributed by atoms with E-state index in [1.807, 2.05) is 0 Å². The van der Waals surface area contributed by atoms with Gasteiger partial charge >= 0.3 is 11.9 Å². The number of carbonyl (C=O) groups is 2. The molecule has 0 N–H and O–H groups in total. The van der Waals surface area contributed by atoms with Crippen molar-refractivity contribution in [3.63, 3.8) is 0 Å². The Hall–Kier alpha value is -2.24. The van der Waals surface area contributed by atoms with E-state index in [0.717, 1.165) is 5.75 Å². The highest BCUT2D eigenvalue weighted by Gasteiger charge is 2.57. The lowest BCUT2D eigenvalue weighted by molar-refractivity contribution is -0.153. The number of rotatable bonds is 10. The first-order valence-corrected chi connectivity index (χ1v) is 18.3. The molecular weight excluding hydrogens is 537 g/mol. The average Bonchev–Trinajstić information content (AvgIpc) is 3.32. The molecule has 1 unspecified atom stereocenters. The van der Waals surface area contributed by atoms with Crippen LogP contribution in [0.1, 0.15) is 61.4 Å². The van der Waals surface area contributed by atoms with Crippen LogP contribution in [0.3, 0.4) is 0 Å². The van der Waals surface area contributed by atoms with Crippen LogP contribution in [0.25, 0.3) is 11.3 Å². The molecule has 0 aliphatic carbocycles. The highest BCUT2D eigenvalue weighted by Crippen LogP contribution is 2.63. The molecule has 1 fully saturated rings. The number of hydrogen-bond donors (Lipinski definition) is 1. The van der Waals surface area contributed by atoms with Crippen LogP contribution in [0.4, 0.5) is 4.39 Å². The molecule has 0 bridgehead atoms. The maximum Gasteiger partial charge on any atom is 0.303 e. The van der Waals surface area contributed by atoms with Gasteiger partial charge in [0.2, 0.25) is 0 Å². The Kier molecular flexibility index (Phi) is 10.4. The van der Waals surface area contributed by atoms with Crippen LogP contribution in [0, 0.1) is 5.82 Å². The highest BCUT2D eigenvalue weighted by molar-refractivity contribution is 8.43. The van der Waals surface area contributed by atoms with Gasteiger partial charge in [-0.15, -0.1) is 5.10 Å². The zero-order valence-electron chi connectivity index (χ0n) is 24.6. The van der Waals surface area contributed by atoms with Crippen LogP contribution < -0.4 is 0 Å². The summed E-state index contributed by atoms with van der Waals surface area (Å²) in [6, 6.07) is 5.68. The summed E-state index contributed by atoms with van der Waals surface area (Å²) in [5, 5.41) is 8.53. The molecule has 2 aromatic rings. The van der Waals surface area contributed by atoms with E-state index in [-0.39, 0.29) is 29.7 Å². The number of esters is 2. The summed E-state index contributed by atoms with van der Waals surface area (Å²) in [4.78, 5) is 24.6. The van der Waals surface area contributed by atoms with Crippen LogP contribution in [0.15, 0.2) is 30.5 Å². The van der Waals surface area contributed by atoms with Crippen molar-refractivity contribution in [1.82, 2.24) is 15.0 Å². The fourth-order valence-corrected chi connectivity index (χ4v) is 25.6. The minimum Gasteiger partial charge on any atom is -0.465 e. The third-order valence-electron chi connectivity index (χ3n) is 8.14. The predicted molar refractivity (Wildman–Crippen MR) is 156 cm³/mol. The number of carbonyl (C=O) groups excluding carboxylic acids is 2. The minimum atomic E-state index is -2.08. The Morgan fingerprint density at radius 1 is 1.10 bits per heavy atom. The molecule has 5 atom stereocenters. The number of halogens is 1. The Morgan fingerprint density at radius 3 is 2.26 bits per heavy atom. The first-order valence-electron chi connectivity index (χ1n) is 13.6. The first-order chi connectivity index (χ1) is 18.3. The van der Waals surface area contributed by atoms with Crippen molar-refractivity contribution in [3.05, 3.63) is 36.3 Å². The van der Waals surface area contributed by atoms with Crippen molar-refractivity contribution >= 4 is 29.5 Å². The summed E-state index contributed by atoms with van der Waals surface area (Å²) in [7, 11) is -1.16. The second-order valence-corrected chi connectivity index (χ2v) is 22.6. The lowest BCUT2D eigenvalue weighted by Gasteiger charge is -2.59. The Bertz CT molecular complexity index is 1120. The number of aromatic nitrogens is 3. The topological polar surface area (TPSA) is 92.5 Å². The van der Waals surface area contributed by atoms with E-state index in [9.17, 15) is 14.0 Å². The quantitative estimate of drug-likeness (QED) is 0.219. The molecule has 1 aliphatic heterocycles. The van der Waals surface area contributed by atoms with E-state index >= 15 is 0 Å². The number of hydrogen-bond acceptors (Lipinski definition) is 7. The van der Waals surface area contributed by atoms with Crippen LogP contribution in [0.2, 0.25) is 16.6 Å². The first kappa shape index (κ1) is 31.3. The molecule has 0 amide bonds. The number of methoxy groups -OCH3 is 1. The normalized spacial score (nSPS) is 24.8. The molecular formula is C28H44FN3O5SSi. The number of thiol groups is 1. The number of nitrogens with zero attached hydrogens (tertiary/aromatic N) is 3. The van der Waals surface area contributed by atoms with Crippen molar-refractivity contribution in [2.24, 2.45) is 0 Å². The standard InChI is InChI=1S/C28H44FN3O5SSi/c1-17(2)39(18(3)4,19(5)6)38-16-25(35-9)27(28(37-21(8)34)26(38)15-36-20(7)33)32-14-24(30-31-32)22-11-10-12-23(29)13-22/h10-14,17-19,25-28,38H,15-16H2,1-9H3/t25-,26+,27-,28-/m0/s1. The van der Waals surface area contributed by atoms with Gasteiger partial charge < -0.3 is 14.2 Å². The monoisotopic (exact) mass is 581 g/mol. The van der Waals surface area contributed by atoms with Crippen molar-refractivity contribution in [2.75, 3.05) is 19.5 Å². The highest BCUT2D eigenvalue weighted by atomic mass is 32.4. The zero-order chi connectivity index (χ0) is 29.1. The van der Waals surface area contributed by atoms with E-state index in [2.05, 4.69) is 51.9 Å². The van der Waals surface area contributed by atoms with Gasteiger partial charge in [-0.05, 0) is 34.5 Å². The molecule has 0 radical (unpaired) electrons. The summed E-state index contributed by atoms with van der Waals surface area (Å²) in [5.41, 5.74) is 2.48. The van der Waals surface area contributed by atoms with Gasteiger partial charge in [-0.25, -0.2) is 9.07 Å². The van der Waals surface area contributed by atoms with Gasteiger partial charge in [0.25, 0.3) is 0 Å². The van der Waals surface area contributed by atoms with Crippen LogP contribution in [0.5, 0.6) is 0 Å². The van der Waals surface area contributed by atoms with Crippen molar-refractivity contribution in [2.45, 2.75) is 95.5 Å². The number of benzene rings is 1. The smallest absolute Gasteiger partial charge is 0.303 e. The lowest BCUT2D eigenvalue weighted by Crippen LogP contribution is -2.59. The maximum atomic E-state index is 13.9. The van der Waals surface area contributed by atoms with Gasteiger partial charge in [0, 0.05) is 26.5 Å². The predicted octanol–water partition coefficient (Wildman–Crippen LogP) is 5.69. The van der Waals surface area contributed by atoms with Crippen LogP contribution in [-0.4, -0.2) is 71.1 Å². The fraction of sp³-hybridized carbons (Fsp3) is 0.643. The van der Waals surface area contributed by atoms with E-state index in [4.69, 9.17) is 14.2 Å². The Labute approximate surface area is 235 Å². The summed E-state index contributed by atoms with van der Waals surface area (Å²) in [6.07, 6.45) is 0.798. The summed E-state index contributed by atoms with van der Waals surface area (Å²) < 4.78 is 33.5. The van der Waals surface area contributed by atoms with E-state index in [1.54, 1.807) is 30.1 Å². The third kappa shape index (κ3) is 6.41. The van der Waals surface area contributed by atoms with Crippen molar-refractivity contribution < 1.29 is 28.2 Å².